The molecule has 8 heteroatoms. The van der Waals surface area contributed by atoms with Crippen LogP contribution in [-0.4, -0.2) is 35.5 Å². The van der Waals surface area contributed by atoms with Gasteiger partial charge in [-0.05, 0) is 40.2 Å². The molecule has 1 fully saturated rings. The highest BCUT2D eigenvalue weighted by molar-refractivity contribution is 9.10. The van der Waals surface area contributed by atoms with Gasteiger partial charge in [-0.15, -0.1) is 0 Å². The molecule has 1 aromatic rings. The minimum Gasteiger partial charge on any atom is -0.423 e. The number of rotatable bonds is 2. The van der Waals surface area contributed by atoms with Crippen LogP contribution in [0.2, 0.25) is 0 Å². The van der Waals surface area contributed by atoms with Crippen LogP contribution in [0.1, 0.15) is 33.3 Å². The van der Waals surface area contributed by atoms with Crippen molar-refractivity contribution in [2.24, 2.45) is 0 Å². The van der Waals surface area contributed by atoms with Gasteiger partial charge >= 0.3 is 14.2 Å². The Balaban J connectivity index is 2.38. The van der Waals surface area contributed by atoms with E-state index < -0.39 is 25.4 Å². The molecule has 0 spiro atoms. The topological polar surface area (TPSA) is 58.9 Å². The Morgan fingerprint density at radius 1 is 1.16 bits per heavy atom. The Labute approximate surface area is 126 Å². The molecule has 0 unspecified atom stereocenters. The van der Waals surface area contributed by atoms with Gasteiger partial charge in [-0.1, -0.05) is 15.9 Å². The van der Waals surface area contributed by atoms with Crippen molar-refractivity contribution in [3.63, 3.8) is 0 Å². The van der Waals surface area contributed by atoms with Gasteiger partial charge in [-0.3, -0.25) is 0 Å². The third kappa shape index (κ3) is 2.54. The van der Waals surface area contributed by atoms with Crippen LogP contribution in [0.4, 0.5) is 0 Å². The molecule has 0 bridgehead atoms. The summed E-state index contributed by atoms with van der Waals surface area (Å²) < 4.78 is 14.1. The average Bonchev–Trinajstić information content (AvgIpc) is 2.64. The van der Waals surface area contributed by atoms with Crippen LogP contribution < -0.4 is 9.55 Å². The van der Waals surface area contributed by atoms with Crippen LogP contribution in [0.25, 0.3) is 0 Å². The second kappa shape index (κ2) is 4.86. The van der Waals surface area contributed by atoms with Gasteiger partial charge in [0.05, 0.1) is 11.2 Å². The fourth-order valence-electron chi connectivity index (χ4n) is 1.88. The van der Waals surface area contributed by atoms with Gasteiger partial charge in [-0.25, -0.2) is 0 Å². The fourth-order valence-corrected chi connectivity index (χ4v) is 3.69. The van der Waals surface area contributed by atoms with Crippen molar-refractivity contribution in [2.45, 2.75) is 45.8 Å². The van der Waals surface area contributed by atoms with E-state index >= 15 is 0 Å². The SMILES string of the molecule is Cc1c(B(O)O)sc(B2OC(C)(C)C(C)(C)O2)c1Br. The van der Waals surface area contributed by atoms with Gasteiger partial charge in [0.2, 0.25) is 0 Å². The van der Waals surface area contributed by atoms with Crippen LogP contribution in [0.15, 0.2) is 4.47 Å². The van der Waals surface area contributed by atoms with Crippen LogP contribution >= 0.6 is 27.3 Å². The summed E-state index contributed by atoms with van der Waals surface area (Å²) in [4.78, 5) is 0. The Morgan fingerprint density at radius 3 is 2.00 bits per heavy atom. The monoisotopic (exact) mass is 346 g/mol. The summed E-state index contributed by atoms with van der Waals surface area (Å²) in [5.41, 5.74) is -0.00953. The first-order chi connectivity index (χ1) is 8.57. The van der Waals surface area contributed by atoms with Crippen molar-refractivity contribution >= 4 is 51.1 Å². The van der Waals surface area contributed by atoms with Crippen molar-refractivity contribution in [1.82, 2.24) is 0 Å². The van der Waals surface area contributed by atoms with Crippen LogP contribution in [-0.2, 0) is 9.31 Å². The van der Waals surface area contributed by atoms with E-state index in [0.717, 1.165) is 14.8 Å². The molecule has 4 nitrogen and oxygen atoms in total. The lowest BCUT2D eigenvalue weighted by Gasteiger charge is -2.32. The predicted molar refractivity (Wildman–Crippen MR) is 82.3 cm³/mol. The van der Waals surface area contributed by atoms with E-state index in [9.17, 15) is 10.0 Å². The zero-order valence-corrected chi connectivity index (χ0v) is 14.1. The van der Waals surface area contributed by atoms with E-state index in [-0.39, 0.29) is 0 Å². The summed E-state index contributed by atoms with van der Waals surface area (Å²) in [5, 5.41) is 18.7. The summed E-state index contributed by atoms with van der Waals surface area (Å²) in [7, 11) is -1.96. The maximum atomic E-state index is 9.35. The highest BCUT2D eigenvalue weighted by Gasteiger charge is 2.53. The van der Waals surface area contributed by atoms with Crippen molar-refractivity contribution in [2.75, 3.05) is 0 Å². The van der Waals surface area contributed by atoms with E-state index in [1.54, 1.807) is 0 Å². The van der Waals surface area contributed by atoms with Crippen molar-refractivity contribution in [3.8, 4) is 0 Å². The number of halogens is 1. The highest BCUT2D eigenvalue weighted by atomic mass is 79.9. The molecule has 2 rings (SSSR count). The molecule has 1 aliphatic rings. The molecule has 0 saturated carbocycles. The molecule has 0 amide bonds. The molecule has 1 aliphatic heterocycles. The lowest BCUT2D eigenvalue weighted by atomic mass is 9.84. The predicted octanol–water partition coefficient (Wildman–Crippen LogP) is 0.798. The second-order valence-corrected chi connectivity index (χ2v) is 7.61. The number of hydrogen-bond acceptors (Lipinski definition) is 5. The van der Waals surface area contributed by atoms with Crippen molar-refractivity contribution < 1.29 is 19.4 Å². The molecule has 1 aromatic heterocycles. The molecular weight excluding hydrogens is 330 g/mol. The van der Waals surface area contributed by atoms with Gasteiger partial charge in [0, 0.05) is 14.0 Å². The van der Waals surface area contributed by atoms with Gasteiger partial charge in [-0.2, -0.15) is 11.3 Å². The third-order valence-electron chi connectivity index (χ3n) is 3.84. The molecular formula is C11H17B2BrO4S. The van der Waals surface area contributed by atoms with Crippen LogP contribution in [0, 0.1) is 6.92 Å². The third-order valence-corrected chi connectivity index (χ3v) is 6.47. The standard InChI is InChI=1S/C11H17B2BrO4S/c1-6-7(14)9(19-8(6)12(15)16)13-17-10(2,3)11(4,5)18-13/h15-16H,1-5H3. The molecule has 104 valence electrons. The van der Waals surface area contributed by atoms with Gasteiger partial charge in [0.25, 0.3) is 0 Å². The smallest absolute Gasteiger partial charge is 0.423 e. The summed E-state index contributed by atoms with van der Waals surface area (Å²) >= 11 is 4.78. The van der Waals surface area contributed by atoms with Gasteiger partial charge < -0.3 is 19.4 Å². The van der Waals surface area contributed by atoms with Gasteiger partial charge in [0.1, 0.15) is 0 Å². The van der Waals surface area contributed by atoms with Crippen LogP contribution in [0.3, 0.4) is 0 Å². The Bertz CT molecular complexity index is 485. The fraction of sp³-hybridized carbons (Fsp3) is 0.636. The minimum atomic E-state index is -1.47. The molecule has 2 heterocycles. The largest absolute Gasteiger partial charge is 0.506 e. The van der Waals surface area contributed by atoms with Gasteiger partial charge in [0.15, 0.2) is 0 Å². The first-order valence-corrected chi connectivity index (χ1v) is 7.68. The first kappa shape index (κ1) is 15.5. The average molecular weight is 347 g/mol. The van der Waals surface area contributed by atoms with Crippen LogP contribution in [0.5, 0.6) is 0 Å². The van der Waals surface area contributed by atoms with Crippen molar-refractivity contribution in [1.29, 1.82) is 0 Å². The lowest BCUT2D eigenvalue weighted by Crippen LogP contribution is -2.41. The van der Waals surface area contributed by atoms with E-state index in [1.807, 2.05) is 34.6 Å². The summed E-state index contributed by atoms with van der Waals surface area (Å²) in [6.07, 6.45) is 0. The van der Waals surface area contributed by atoms with E-state index in [1.165, 1.54) is 11.3 Å². The molecule has 19 heavy (non-hydrogen) atoms. The molecule has 0 radical (unpaired) electrons. The summed E-state index contributed by atoms with van der Waals surface area (Å²) in [6, 6.07) is 0. The lowest BCUT2D eigenvalue weighted by molar-refractivity contribution is 0.00578. The molecule has 0 aromatic carbocycles. The maximum absolute atomic E-state index is 9.35. The van der Waals surface area contributed by atoms with E-state index in [4.69, 9.17) is 9.31 Å². The van der Waals surface area contributed by atoms with E-state index in [2.05, 4.69) is 15.9 Å². The highest BCUT2D eigenvalue weighted by Crippen LogP contribution is 2.37. The molecule has 0 aliphatic carbocycles. The molecule has 1 saturated heterocycles. The normalized spacial score (nSPS) is 20.9. The Hall–Kier alpha value is 0.150. The number of hydrogen-bond donors (Lipinski definition) is 2. The Kier molecular flexibility index (Phi) is 3.97. The summed E-state index contributed by atoms with van der Waals surface area (Å²) in [6.45, 7) is 9.79. The summed E-state index contributed by atoms with van der Waals surface area (Å²) in [5.74, 6) is 0. The number of thiophene rings is 1. The molecule has 0 atom stereocenters. The second-order valence-electron chi connectivity index (χ2n) is 5.73. The van der Waals surface area contributed by atoms with Crippen molar-refractivity contribution in [3.05, 3.63) is 10.0 Å². The molecule has 2 N–H and O–H groups in total. The zero-order valence-electron chi connectivity index (χ0n) is 11.7. The zero-order chi connectivity index (χ0) is 14.6. The Morgan fingerprint density at radius 2 is 1.63 bits per heavy atom. The van der Waals surface area contributed by atoms with E-state index in [0.29, 0.717) is 4.78 Å². The first-order valence-electron chi connectivity index (χ1n) is 6.07. The quantitative estimate of drug-likeness (QED) is 0.778. The maximum Gasteiger partial charge on any atom is 0.506 e. The minimum absolute atomic E-state index is 0.410.